The number of fused-ring (bicyclic) bond motifs is 2. The van der Waals surface area contributed by atoms with E-state index in [9.17, 15) is 17.6 Å². The van der Waals surface area contributed by atoms with Gasteiger partial charge in [0.05, 0.1) is 28.6 Å². The molecule has 3 aliphatic rings. The number of carbonyl (C=O) groups excluding carboxylic acids is 1. The van der Waals surface area contributed by atoms with Crippen molar-refractivity contribution in [2.24, 2.45) is 11.7 Å². The minimum atomic E-state index is -3.38. The zero-order valence-electron chi connectivity index (χ0n) is 24.7. The van der Waals surface area contributed by atoms with Gasteiger partial charge in [-0.3, -0.25) is 9.78 Å². The van der Waals surface area contributed by atoms with Crippen molar-refractivity contribution in [2.45, 2.75) is 88.4 Å². The number of nitrogens with two attached hydrogens (primary N) is 1. The molecule has 236 valence electrons. The molecule has 0 amide bonds. The molecule has 12 heteroatoms. The second kappa shape index (κ2) is 13.1. The van der Waals surface area contributed by atoms with Gasteiger partial charge in [-0.25, -0.2) is 17.2 Å². The van der Waals surface area contributed by atoms with Gasteiger partial charge < -0.3 is 15.8 Å². The van der Waals surface area contributed by atoms with Crippen LogP contribution in [0.3, 0.4) is 0 Å². The van der Waals surface area contributed by atoms with E-state index in [2.05, 4.69) is 10.3 Å². The molecule has 1 unspecified atom stereocenters. The van der Waals surface area contributed by atoms with Crippen LogP contribution in [-0.2, 0) is 32.4 Å². The first-order valence-electron chi connectivity index (χ1n) is 15.1. The first-order valence-corrected chi connectivity index (χ1v) is 17.0. The Kier molecular flexibility index (Phi) is 9.90. The largest absolute Gasteiger partial charge is 0.376 e. The van der Waals surface area contributed by atoms with Crippen molar-refractivity contribution in [3.8, 4) is 0 Å². The van der Waals surface area contributed by atoms with E-state index in [-0.39, 0.29) is 47.4 Å². The van der Waals surface area contributed by atoms with Crippen LogP contribution in [0.1, 0.15) is 68.6 Å². The fourth-order valence-corrected chi connectivity index (χ4v) is 9.00. The Labute approximate surface area is 257 Å². The Bertz CT molecular complexity index is 1440. The van der Waals surface area contributed by atoms with Gasteiger partial charge >= 0.3 is 0 Å². The fourth-order valence-electron chi connectivity index (χ4n) is 7.07. The van der Waals surface area contributed by atoms with Gasteiger partial charge in [0, 0.05) is 50.3 Å². The Morgan fingerprint density at radius 3 is 2.79 bits per heavy atom. The Hall–Kier alpha value is -2.02. The maximum Gasteiger partial charge on any atom is 0.214 e. The number of sulfonamides is 1. The van der Waals surface area contributed by atoms with E-state index in [4.69, 9.17) is 22.1 Å². The van der Waals surface area contributed by atoms with Crippen molar-refractivity contribution in [1.29, 1.82) is 0 Å². The van der Waals surface area contributed by atoms with Crippen molar-refractivity contribution in [3.63, 3.8) is 0 Å². The maximum absolute atomic E-state index is 15.2. The van der Waals surface area contributed by atoms with Gasteiger partial charge in [0.25, 0.3) is 0 Å². The topological polar surface area (TPSA) is 115 Å². The smallest absolute Gasteiger partial charge is 0.214 e. The highest BCUT2D eigenvalue weighted by Gasteiger charge is 2.40. The minimum Gasteiger partial charge on any atom is -0.376 e. The normalized spacial score (nSPS) is 28.0. The molecule has 0 saturated carbocycles. The summed E-state index contributed by atoms with van der Waals surface area (Å²) in [6.45, 7) is 5.37. The number of rotatable bonds is 9. The molecule has 3 N–H and O–H groups in total. The molecular weight excluding hydrogens is 598 g/mol. The van der Waals surface area contributed by atoms with Gasteiger partial charge in [0.2, 0.25) is 10.0 Å². The SMILES string of the molecule is CC1(C)C[C@@H]([C@H](c2ccc(Cl)c(F)c2)[C@H](N)C(=O)Cc2cncc(F)c2CC[C@H]2CN[C@@H]3CCCS(=O)(=O)N2C3)CCO1. The number of piperazine rings is 1. The number of benzene rings is 1. The molecule has 4 heterocycles. The van der Waals surface area contributed by atoms with E-state index >= 15 is 4.39 Å². The number of halogens is 3. The summed E-state index contributed by atoms with van der Waals surface area (Å²) in [5.41, 5.74) is 7.61. The van der Waals surface area contributed by atoms with E-state index in [0.29, 0.717) is 62.1 Å². The highest BCUT2D eigenvalue weighted by atomic mass is 35.5. The van der Waals surface area contributed by atoms with Crippen LogP contribution < -0.4 is 11.1 Å². The molecule has 2 bridgehead atoms. The fraction of sp³-hybridized carbons (Fsp3) is 0.613. The number of nitrogens with zero attached hydrogens (tertiary/aromatic N) is 2. The lowest BCUT2D eigenvalue weighted by Crippen LogP contribution is -2.57. The van der Waals surface area contributed by atoms with Crippen molar-refractivity contribution in [1.82, 2.24) is 14.6 Å². The summed E-state index contributed by atoms with van der Waals surface area (Å²) in [5, 5.41) is 3.42. The van der Waals surface area contributed by atoms with Crippen LogP contribution in [0.15, 0.2) is 30.6 Å². The molecule has 1 aromatic heterocycles. The number of pyridine rings is 1. The molecule has 0 spiro atoms. The van der Waals surface area contributed by atoms with Crippen LogP contribution >= 0.6 is 11.6 Å². The number of aromatic nitrogens is 1. The van der Waals surface area contributed by atoms with E-state index in [1.165, 1.54) is 18.3 Å². The van der Waals surface area contributed by atoms with Gasteiger partial charge in [-0.15, -0.1) is 0 Å². The molecule has 6 atom stereocenters. The summed E-state index contributed by atoms with van der Waals surface area (Å²) in [6, 6.07) is 3.36. The van der Waals surface area contributed by atoms with Gasteiger partial charge in [0.15, 0.2) is 5.78 Å². The molecule has 5 rings (SSSR count). The monoisotopic (exact) mass is 638 g/mol. The summed E-state index contributed by atoms with van der Waals surface area (Å²) < 4.78 is 63.0. The van der Waals surface area contributed by atoms with Gasteiger partial charge in [0.1, 0.15) is 11.6 Å². The molecule has 2 aromatic rings. The van der Waals surface area contributed by atoms with Crippen molar-refractivity contribution < 1.29 is 26.7 Å². The van der Waals surface area contributed by atoms with E-state index < -0.39 is 39.2 Å². The average molecular weight is 639 g/mol. The molecule has 3 saturated heterocycles. The first kappa shape index (κ1) is 32.4. The number of nitrogens with one attached hydrogen (secondary N) is 1. The van der Waals surface area contributed by atoms with Gasteiger partial charge in [-0.05, 0) is 87.1 Å². The number of hydrogen-bond acceptors (Lipinski definition) is 7. The molecular formula is C31H41ClF2N4O4S. The number of ether oxygens (including phenoxy) is 1. The molecule has 0 radical (unpaired) electrons. The lowest BCUT2D eigenvalue weighted by atomic mass is 9.72. The van der Waals surface area contributed by atoms with Crippen LogP contribution in [-0.4, -0.2) is 72.7 Å². The number of ketones is 1. The summed E-state index contributed by atoms with van der Waals surface area (Å²) >= 11 is 5.96. The zero-order chi connectivity index (χ0) is 30.9. The number of carbonyl (C=O) groups is 1. The second-order valence-corrected chi connectivity index (χ2v) is 15.3. The summed E-state index contributed by atoms with van der Waals surface area (Å²) in [5.74, 6) is -1.86. The van der Waals surface area contributed by atoms with Gasteiger partial charge in [-0.2, -0.15) is 4.31 Å². The lowest BCUT2D eigenvalue weighted by molar-refractivity contribution is -0.122. The highest BCUT2D eigenvalue weighted by Crippen LogP contribution is 2.41. The first-order chi connectivity index (χ1) is 20.3. The molecule has 3 fully saturated rings. The molecule has 43 heavy (non-hydrogen) atoms. The Morgan fingerprint density at radius 1 is 1.26 bits per heavy atom. The number of hydrogen-bond donors (Lipinski definition) is 2. The third-order valence-electron chi connectivity index (χ3n) is 9.28. The quantitative estimate of drug-likeness (QED) is 0.424. The van der Waals surface area contributed by atoms with Gasteiger partial charge in [-0.1, -0.05) is 17.7 Å². The summed E-state index contributed by atoms with van der Waals surface area (Å²) in [6.07, 6.45) is 5.80. The third-order valence-corrected chi connectivity index (χ3v) is 11.6. The van der Waals surface area contributed by atoms with E-state index in [1.54, 1.807) is 10.4 Å². The highest BCUT2D eigenvalue weighted by molar-refractivity contribution is 7.89. The van der Waals surface area contributed by atoms with Crippen LogP contribution in [0.2, 0.25) is 5.02 Å². The zero-order valence-corrected chi connectivity index (χ0v) is 26.3. The summed E-state index contributed by atoms with van der Waals surface area (Å²) in [7, 11) is -3.38. The van der Waals surface area contributed by atoms with Crippen molar-refractivity contribution in [3.05, 3.63) is 63.9 Å². The third kappa shape index (κ3) is 7.45. The number of Topliss-reactive ketones (excluding diaryl/α,β-unsaturated/α-hetero) is 1. The predicted octanol–water partition coefficient (Wildman–Crippen LogP) is 4.14. The van der Waals surface area contributed by atoms with E-state index in [1.807, 2.05) is 13.8 Å². The molecule has 0 aliphatic carbocycles. The van der Waals surface area contributed by atoms with Crippen molar-refractivity contribution >= 4 is 27.4 Å². The Balaban J connectivity index is 1.36. The summed E-state index contributed by atoms with van der Waals surface area (Å²) in [4.78, 5) is 17.8. The predicted molar refractivity (Wildman–Crippen MR) is 161 cm³/mol. The standard InChI is InChI=1S/C31H41ClF2N4O4S/c1-31(2)14-20(9-10-42-31)29(19-5-8-25(32)26(33)12-19)30(35)28(39)13-21-15-36-17-27(34)24(21)7-6-23-16-37-22-4-3-11-43(40,41)38(23)18-22/h5,8,12,15,17,20,22-23,29-30,37H,3-4,6-7,9-11,13-14,16,18,35H2,1-2H3/t20-,22+,23-,29-,30+/m0/s1. The van der Waals surface area contributed by atoms with Crippen LogP contribution in [0.5, 0.6) is 0 Å². The average Bonchev–Trinajstić information content (AvgIpc) is 3.06. The second-order valence-electron chi connectivity index (χ2n) is 12.8. The van der Waals surface area contributed by atoms with Crippen molar-refractivity contribution in [2.75, 3.05) is 25.4 Å². The van der Waals surface area contributed by atoms with Crippen LogP contribution in [0.4, 0.5) is 8.78 Å². The lowest BCUT2D eigenvalue weighted by Gasteiger charge is -2.41. The maximum atomic E-state index is 15.2. The molecule has 3 aliphatic heterocycles. The minimum absolute atomic E-state index is 0.0122. The van der Waals surface area contributed by atoms with Crippen LogP contribution in [0, 0.1) is 17.6 Å². The van der Waals surface area contributed by atoms with E-state index in [0.717, 1.165) is 12.6 Å². The Morgan fingerprint density at radius 2 is 2.05 bits per heavy atom. The van der Waals surface area contributed by atoms with Crippen LogP contribution in [0.25, 0.3) is 0 Å². The molecule has 1 aromatic carbocycles. The molecule has 8 nitrogen and oxygen atoms in total.